The number of carbonyl (C=O) groups excluding carboxylic acids is 1. The molecule has 0 aliphatic rings. The second-order valence-electron chi connectivity index (χ2n) is 4.99. The zero-order valence-corrected chi connectivity index (χ0v) is 11.8. The molecule has 0 spiro atoms. The van der Waals surface area contributed by atoms with Crippen molar-refractivity contribution in [1.82, 2.24) is 5.32 Å². The van der Waals surface area contributed by atoms with Gasteiger partial charge in [-0.15, -0.1) is 0 Å². The fourth-order valence-corrected chi connectivity index (χ4v) is 1.78. The van der Waals surface area contributed by atoms with Gasteiger partial charge in [0.2, 0.25) is 0 Å². The van der Waals surface area contributed by atoms with Gasteiger partial charge in [-0.1, -0.05) is 17.7 Å². The zero-order valence-electron chi connectivity index (χ0n) is 11.1. The average molecular weight is 285 g/mol. The molecule has 0 bridgehead atoms. The summed E-state index contributed by atoms with van der Waals surface area (Å²) in [7, 11) is 0. The van der Waals surface area contributed by atoms with Gasteiger partial charge in [0, 0.05) is 16.2 Å². The average Bonchev–Trinajstić information content (AvgIpc) is 2.20. The molecule has 0 radical (unpaired) electrons. The first-order valence-corrected chi connectivity index (χ1v) is 6.14. The SMILES string of the molecule is Cc1ccc(Cl)cc1NC(=O)NC(C)(C)CC(=O)O. The normalized spacial score (nSPS) is 10.9. The number of urea groups is 1. The molecular formula is C13H17ClN2O3. The van der Waals surface area contributed by atoms with E-state index in [1.54, 1.807) is 32.0 Å². The van der Waals surface area contributed by atoms with E-state index >= 15 is 0 Å². The molecule has 104 valence electrons. The van der Waals surface area contributed by atoms with E-state index in [4.69, 9.17) is 16.7 Å². The maximum Gasteiger partial charge on any atom is 0.319 e. The molecule has 0 aliphatic carbocycles. The van der Waals surface area contributed by atoms with E-state index in [9.17, 15) is 9.59 Å². The maximum atomic E-state index is 11.8. The van der Waals surface area contributed by atoms with Gasteiger partial charge in [0.1, 0.15) is 0 Å². The summed E-state index contributed by atoms with van der Waals surface area (Å²) in [4.78, 5) is 22.5. The van der Waals surface area contributed by atoms with Crippen molar-refractivity contribution in [1.29, 1.82) is 0 Å². The highest BCUT2D eigenvalue weighted by atomic mass is 35.5. The molecule has 5 nitrogen and oxygen atoms in total. The Morgan fingerprint density at radius 3 is 2.58 bits per heavy atom. The van der Waals surface area contributed by atoms with Gasteiger partial charge in [0.05, 0.1) is 6.42 Å². The highest BCUT2D eigenvalue weighted by Crippen LogP contribution is 2.20. The third kappa shape index (κ3) is 5.18. The number of aliphatic carboxylic acids is 1. The lowest BCUT2D eigenvalue weighted by Gasteiger charge is -2.24. The lowest BCUT2D eigenvalue weighted by atomic mass is 10.0. The van der Waals surface area contributed by atoms with Crippen LogP contribution in [0, 0.1) is 6.92 Å². The quantitative estimate of drug-likeness (QED) is 0.795. The van der Waals surface area contributed by atoms with Crippen LogP contribution in [0.25, 0.3) is 0 Å². The lowest BCUT2D eigenvalue weighted by molar-refractivity contribution is -0.138. The molecule has 0 heterocycles. The van der Waals surface area contributed by atoms with Crippen LogP contribution in [0.3, 0.4) is 0 Å². The van der Waals surface area contributed by atoms with Gasteiger partial charge < -0.3 is 15.7 Å². The Kier molecular flexibility index (Phi) is 4.78. The number of hydrogen-bond donors (Lipinski definition) is 3. The van der Waals surface area contributed by atoms with Crippen molar-refractivity contribution in [2.75, 3.05) is 5.32 Å². The van der Waals surface area contributed by atoms with Gasteiger partial charge in [-0.05, 0) is 38.5 Å². The van der Waals surface area contributed by atoms with E-state index in [-0.39, 0.29) is 6.42 Å². The third-order valence-corrected chi connectivity index (χ3v) is 2.73. The number of halogens is 1. The second kappa shape index (κ2) is 5.93. The van der Waals surface area contributed by atoms with Crippen LogP contribution >= 0.6 is 11.6 Å². The summed E-state index contributed by atoms with van der Waals surface area (Å²) in [5.41, 5.74) is 0.634. The van der Waals surface area contributed by atoms with Crippen molar-refractivity contribution >= 4 is 29.3 Å². The maximum absolute atomic E-state index is 11.8. The van der Waals surface area contributed by atoms with Crippen LogP contribution in [-0.2, 0) is 4.79 Å². The molecule has 1 aromatic rings. The number of aryl methyl sites for hydroxylation is 1. The summed E-state index contributed by atoms with van der Waals surface area (Å²) in [6.07, 6.45) is -0.158. The Labute approximate surface area is 117 Å². The van der Waals surface area contributed by atoms with Crippen LogP contribution in [0.15, 0.2) is 18.2 Å². The molecule has 3 N–H and O–H groups in total. The van der Waals surface area contributed by atoms with Crippen molar-refractivity contribution in [3.8, 4) is 0 Å². The number of carboxylic acids is 1. The molecule has 0 fully saturated rings. The van der Waals surface area contributed by atoms with Crippen LogP contribution in [0.4, 0.5) is 10.5 Å². The molecule has 0 saturated heterocycles. The first-order valence-electron chi connectivity index (χ1n) is 5.77. The number of amides is 2. The Balaban J connectivity index is 2.70. The molecule has 0 aliphatic heterocycles. The van der Waals surface area contributed by atoms with Crippen molar-refractivity contribution in [3.63, 3.8) is 0 Å². The second-order valence-corrected chi connectivity index (χ2v) is 5.43. The summed E-state index contributed by atoms with van der Waals surface area (Å²) in [5, 5.41) is 14.5. The molecule has 0 unspecified atom stereocenters. The van der Waals surface area contributed by atoms with Gasteiger partial charge >= 0.3 is 12.0 Å². The predicted octanol–water partition coefficient (Wildman–Crippen LogP) is 3.02. The Morgan fingerprint density at radius 2 is 2.00 bits per heavy atom. The molecule has 1 rings (SSSR count). The molecule has 19 heavy (non-hydrogen) atoms. The summed E-state index contributed by atoms with van der Waals surface area (Å²) >= 11 is 5.85. The van der Waals surface area contributed by atoms with Crippen molar-refractivity contribution in [3.05, 3.63) is 28.8 Å². The van der Waals surface area contributed by atoms with E-state index in [1.807, 2.05) is 6.92 Å². The molecule has 6 heteroatoms. The Hall–Kier alpha value is -1.75. The molecule has 0 atom stereocenters. The number of rotatable bonds is 4. The first-order chi connectivity index (χ1) is 8.69. The number of benzene rings is 1. The van der Waals surface area contributed by atoms with E-state index in [0.717, 1.165) is 5.56 Å². The van der Waals surface area contributed by atoms with Crippen LogP contribution in [0.2, 0.25) is 5.02 Å². The monoisotopic (exact) mass is 284 g/mol. The summed E-state index contributed by atoms with van der Waals surface area (Å²) in [6, 6.07) is 4.70. The summed E-state index contributed by atoms with van der Waals surface area (Å²) in [6.45, 7) is 5.13. The fraction of sp³-hybridized carbons (Fsp3) is 0.385. The molecule has 1 aromatic carbocycles. The minimum absolute atomic E-state index is 0.158. The van der Waals surface area contributed by atoms with E-state index in [0.29, 0.717) is 10.7 Å². The zero-order chi connectivity index (χ0) is 14.6. The van der Waals surface area contributed by atoms with E-state index in [2.05, 4.69) is 10.6 Å². The minimum Gasteiger partial charge on any atom is -0.481 e. The van der Waals surface area contributed by atoms with Crippen LogP contribution in [0.1, 0.15) is 25.8 Å². The standard InChI is InChI=1S/C13H17ClN2O3/c1-8-4-5-9(14)6-10(8)15-12(19)16-13(2,3)7-11(17)18/h4-6H,7H2,1-3H3,(H,17,18)(H2,15,16,19). The number of anilines is 1. The van der Waals surface area contributed by atoms with Gasteiger partial charge in [-0.2, -0.15) is 0 Å². The lowest BCUT2D eigenvalue weighted by Crippen LogP contribution is -2.46. The van der Waals surface area contributed by atoms with E-state index < -0.39 is 17.5 Å². The predicted molar refractivity (Wildman–Crippen MR) is 74.7 cm³/mol. The smallest absolute Gasteiger partial charge is 0.319 e. The Bertz CT molecular complexity index is 501. The highest BCUT2D eigenvalue weighted by molar-refractivity contribution is 6.31. The first kappa shape index (κ1) is 15.3. The van der Waals surface area contributed by atoms with Crippen molar-refractivity contribution in [2.24, 2.45) is 0 Å². The van der Waals surface area contributed by atoms with E-state index in [1.165, 1.54) is 0 Å². The van der Waals surface area contributed by atoms with Crippen LogP contribution in [-0.4, -0.2) is 22.6 Å². The largest absolute Gasteiger partial charge is 0.481 e. The minimum atomic E-state index is -0.968. The number of hydrogen-bond acceptors (Lipinski definition) is 2. The molecular weight excluding hydrogens is 268 g/mol. The van der Waals surface area contributed by atoms with Gasteiger partial charge in [0.25, 0.3) is 0 Å². The number of carboxylic acid groups (broad SMARTS) is 1. The summed E-state index contributed by atoms with van der Waals surface area (Å²) in [5.74, 6) is -0.968. The number of nitrogens with one attached hydrogen (secondary N) is 2. The highest BCUT2D eigenvalue weighted by Gasteiger charge is 2.23. The fourth-order valence-electron chi connectivity index (χ4n) is 1.61. The molecule has 2 amide bonds. The molecule has 0 aromatic heterocycles. The Morgan fingerprint density at radius 1 is 1.37 bits per heavy atom. The van der Waals surface area contributed by atoms with Crippen molar-refractivity contribution < 1.29 is 14.7 Å². The molecule has 0 saturated carbocycles. The van der Waals surface area contributed by atoms with Crippen LogP contribution in [0.5, 0.6) is 0 Å². The van der Waals surface area contributed by atoms with Gasteiger partial charge in [0.15, 0.2) is 0 Å². The number of carbonyl (C=O) groups is 2. The third-order valence-electron chi connectivity index (χ3n) is 2.49. The van der Waals surface area contributed by atoms with Gasteiger partial charge in [-0.3, -0.25) is 4.79 Å². The van der Waals surface area contributed by atoms with Crippen LogP contribution < -0.4 is 10.6 Å². The van der Waals surface area contributed by atoms with Crippen molar-refractivity contribution in [2.45, 2.75) is 32.7 Å². The summed E-state index contributed by atoms with van der Waals surface area (Å²) < 4.78 is 0. The van der Waals surface area contributed by atoms with Gasteiger partial charge in [-0.25, -0.2) is 4.79 Å². The topological polar surface area (TPSA) is 78.4 Å².